The highest BCUT2D eigenvalue weighted by atomic mass is 16.6. The van der Waals surface area contributed by atoms with Crippen molar-refractivity contribution in [3.05, 3.63) is 0 Å². The van der Waals surface area contributed by atoms with Crippen LogP contribution in [0.2, 0.25) is 0 Å². The number of aldehydes is 1. The van der Waals surface area contributed by atoms with Crippen LogP contribution in [-0.2, 0) is 14.3 Å². The summed E-state index contributed by atoms with van der Waals surface area (Å²) in [6, 6.07) is 0. The highest BCUT2D eigenvalue weighted by molar-refractivity contribution is 5.75. The maximum absolute atomic E-state index is 11.8. The fourth-order valence-corrected chi connectivity index (χ4v) is 4.70. The molecule has 1 aliphatic heterocycles. The summed E-state index contributed by atoms with van der Waals surface area (Å²) >= 11 is 0. The van der Waals surface area contributed by atoms with Crippen LogP contribution >= 0.6 is 0 Å². The average molecular weight is 266 g/mol. The molecule has 1 N–H and O–H groups in total. The molecule has 7 atom stereocenters. The molecule has 2 saturated carbocycles. The molecule has 0 spiro atoms. The fourth-order valence-electron chi connectivity index (χ4n) is 4.70. The number of fused-ring (bicyclic) bond motifs is 3. The Hall–Kier alpha value is -0.900. The van der Waals surface area contributed by atoms with Gasteiger partial charge >= 0.3 is 5.97 Å². The van der Waals surface area contributed by atoms with E-state index in [9.17, 15) is 14.7 Å². The number of hydrogen-bond acceptors (Lipinski definition) is 4. The quantitative estimate of drug-likeness (QED) is 0.578. The summed E-state index contributed by atoms with van der Waals surface area (Å²) in [4.78, 5) is 23.2. The number of aliphatic hydroxyl groups is 1. The highest BCUT2D eigenvalue weighted by Crippen LogP contribution is 2.57. The second kappa shape index (κ2) is 4.30. The molecule has 19 heavy (non-hydrogen) atoms. The average Bonchev–Trinajstić information content (AvgIpc) is 2.67. The Morgan fingerprint density at radius 3 is 2.79 bits per heavy atom. The highest BCUT2D eigenvalue weighted by Gasteiger charge is 2.60. The van der Waals surface area contributed by atoms with Gasteiger partial charge in [-0.05, 0) is 25.7 Å². The lowest BCUT2D eigenvalue weighted by Gasteiger charge is -2.54. The Balaban J connectivity index is 1.98. The molecule has 2 aliphatic carbocycles. The number of aliphatic hydroxyl groups excluding tert-OH is 1. The molecule has 4 heteroatoms. The summed E-state index contributed by atoms with van der Waals surface area (Å²) in [6.07, 6.45) is 3.62. The first kappa shape index (κ1) is 13.1. The Morgan fingerprint density at radius 2 is 2.11 bits per heavy atom. The molecule has 3 rings (SSSR count). The van der Waals surface area contributed by atoms with Gasteiger partial charge in [-0.1, -0.05) is 13.8 Å². The number of carbonyl (C=O) groups is 2. The summed E-state index contributed by atoms with van der Waals surface area (Å²) in [5.74, 6) is -0.0797. The molecule has 1 saturated heterocycles. The minimum Gasteiger partial charge on any atom is -0.461 e. The normalized spacial score (nSPS) is 53.1. The van der Waals surface area contributed by atoms with Gasteiger partial charge < -0.3 is 14.6 Å². The van der Waals surface area contributed by atoms with Gasteiger partial charge in [0.2, 0.25) is 0 Å². The van der Waals surface area contributed by atoms with Crippen molar-refractivity contribution in [3.8, 4) is 0 Å². The van der Waals surface area contributed by atoms with E-state index in [-0.39, 0.29) is 47.3 Å². The molecule has 0 radical (unpaired) electrons. The zero-order chi connectivity index (χ0) is 13.8. The molecule has 4 nitrogen and oxygen atoms in total. The molecule has 3 aliphatic rings. The summed E-state index contributed by atoms with van der Waals surface area (Å²) in [5.41, 5.74) is -0.282. The molecular weight excluding hydrogens is 244 g/mol. The first-order valence-corrected chi connectivity index (χ1v) is 7.33. The number of esters is 1. The SMILES string of the molecule is CC1C(=O)OC2C1CCC1(C)C(O)CCC(C=O)C21. The fraction of sp³-hybridized carbons (Fsp3) is 0.867. The third-order valence-corrected chi connectivity index (χ3v) is 5.99. The Kier molecular flexibility index (Phi) is 2.97. The second-order valence-electron chi connectivity index (χ2n) is 6.82. The molecule has 0 aromatic heterocycles. The Morgan fingerprint density at radius 1 is 1.37 bits per heavy atom. The van der Waals surface area contributed by atoms with Crippen LogP contribution in [0.25, 0.3) is 0 Å². The first-order valence-electron chi connectivity index (χ1n) is 7.33. The van der Waals surface area contributed by atoms with Crippen LogP contribution in [0.4, 0.5) is 0 Å². The predicted molar refractivity (Wildman–Crippen MR) is 68.2 cm³/mol. The van der Waals surface area contributed by atoms with Gasteiger partial charge in [0.25, 0.3) is 0 Å². The number of ether oxygens (including phenoxy) is 1. The summed E-state index contributed by atoms with van der Waals surface area (Å²) in [7, 11) is 0. The Labute approximate surface area is 113 Å². The predicted octanol–water partition coefficient (Wildman–Crippen LogP) is 1.55. The van der Waals surface area contributed by atoms with Gasteiger partial charge in [-0.2, -0.15) is 0 Å². The number of carbonyl (C=O) groups excluding carboxylic acids is 2. The molecule has 1 heterocycles. The van der Waals surface area contributed by atoms with E-state index in [1.165, 1.54) is 0 Å². The molecule has 0 amide bonds. The lowest BCUT2D eigenvalue weighted by atomic mass is 9.52. The van der Waals surface area contributed by atoms with E-state index in [4.69, 9.17) is 4.74 Å². The number of rotatable bonds is 1. The van der Waals surface area contributed by atoms with Crippen molar-refractivity contribution < 1.29 is 19.4 Å². The summed E-state index contributed by atoms with van der Waals surface area (Å²) in [5, 5.41) is 10.4. The van der Waals surface area contributed by atoms with Crippen LogP contribution in [0, 0.1) is 29.1 Å². The minimum atomic E-state index is -0.385. The van der Waals surface area contributed by atoms with E-state index in [0.29, 0.717) is 12.8 Å². The standard InChI is InChI=1S/C15H22O4/c1-8-10-5-6-15(2)11(17)4-3-9(7-16)12(15)13(10)19-14(8)18/h7-13,17H,3-6H2,1-2H3. The third kappa shape index (κ3) is 1.69. The minimum absolute atomic E-state index is 0.0126. The lowest BCUT2D eigenvalue weighted by molar-refractivity contribution is -0.169. The molecule has 0 bridgehead atoms. The van der Waals surface area contributed by atoms with Gasteiger partial charge in [-0.15, -0.1) is 0 Å². The van der Waals surface area contributed by atoms with Crippen LogP contribution in [0.3, 0.4) is 0 Å². The van der Waals surface area contributed by atoms with E-state index in [1.54, 1.807) is 0 Å². The van der Waals surface area contributed by atoms with Crippen LogP contribution < -0.4 is 0 Å². The van der Waals surface area contributed by atoms with Gasteiger partial charge in [-0.3, -0.25) is 4.79 Å². The second-order valence-corrected chi connectivity index (χ2v) is 6.82. The zero-order valence-electron chi connectivity index (χ0n) is 11.5. The molecular formula is C15H22O4. The largest absolute Gasteiger partial charge is 0.461 e. The summed E-state index contributed by atoms with van der Waals surface area (Å²) < 4.78 is 5.58. The van der Waals surface area contributed by atoms with Crippen LogP contribution in [-0.4, -0.2) is 29.6 Å². The van der Waals surface area contributed by atoms with Gasteiger partial charge in [0.05, 0.1) is 12.0 Å². The molecule has 0 aromatic carbocycles. The van der Waals surface area contributed by atoms with Crippen molar-refractivity contribution in [2.45, 2.75) is 51.7 Å². The summed E-state index contributed by atoms with van der Waals surface area (Å²) in [6.45, 7) is 3.98. The van der Waals surface area contributed by atoms with E-state index in [2.05, 4.69) is 6.92 Å². The monoisotopic (exact) mass is 266 g/mol. The molecule has 7 unspecified atom stereocenters. The van der Waals surface area contributed by atoms with Crippen molar-refractivity contribution in [1.29, 1.82) is 0 Å². The zero-order valence-corrected chi connectivity index (χ0v) is 11.5. The van der Waals surface area contributed by atoms with E-state index >= 15 is 0 Å². The van der Waals surface area contributed by atoms with Gasteiger partial charge in [0, 0.05) is 23.2 Å². The Bertz CT molecular complexity index is 407. The smallest absolute Gasteiger partial charge is 0.309 e. The van der Waals surface area contributed by atoms with Gasteiger partial charge in [0.15, 0.2) is 0 Å². The lowest BCUT2D eigenvalue weighted by Crippen LogP contribution is -2.56. The maximum Gasteiger partial charge on any atom is 0.309 e. The first-order chi connectivity index (χ1) is 8.99. The van der Waals surface area contributed by atoms with Crippen molar-refractivity contribution in [2.75, 3.05) is 0 Å². The third-order valence-electron chi connectivity index (χ3n) is 5.99. The van der Waals surface area contributed by atoms with Gasteiger partial charge in [-0.25, -0.2) is 0 Å². The molecule has 0 aromatic rings. The van der Waals surface area contributed by atoms with Gasteiger partial charge in [0.1, 0.15) is 12.4 Å². The molecule has 106 valence electrons. The van der Waals surface area contributed by atoms with Crippen LogP contribution in [0.1, 0.15) is 39.5 Å². The molecule has 3 fully saturated rings. The van der Waals surface area contributed by atoms with Crippen molar-refractivity contribution in [2.24, 2.45) is 29.1 Å². The van der Waals surface area contributed by atoms with Crippen molar-refractivity contribution >= 4 is 12.3 Å². The maximum atomic E-state index is 11.8. The topological polar surface area (TPSA) is 63.6 Å². The number of hydrogen-bond donors (Lipinski definition) is 1. The van der Waals surface area contributed by atoms with E-state index in [0.717, 1.165) is 19.1 Å². The van der Waals surface area contributed by atoms with Crippen molar-refractivity contribution in [3.63, 3.8) is 0 Å². The van der Waals surface area contributed by atoms with Crippen LogP contribution in [0.15, 0.2) is 0 Å². The van der Waals surface area contributed by atoms with Crippen molar-refractivity contribution in [1.82, 2.24) is 0 Å². The van der Waals surface area contributed by atoms with E-state index < -0.39 is 0 Å². The van der Waals surface area contributed by atoms with Crippen LogP contribution in [0.5, 0.6) is 0 Å². The van der Waals surface area contributed by atoms with E-state index in [1.807, 2.05) is 6.92 Å².